The first-order valence-electron chi connectivity index (χ1n) is 10.4. The Morgan fingerprint density at radius 3 is 2.44 bits per heavy atom. The molecule has 0 saturated heterocycles. The van der Waals surface area contributed by atoms with Crippen LogP contribution in [-0.2, 0) is 21.2 Å². The van der Waals surface area contributed by atoms with Crippen LogP contribution in [0, 0.1) is 6.92 Å². The molecule has 0 aliphatic rings. The lowest BCUT2D eigenvalue weighted by molar-refractivity contribution is -0.116. The second-order valence-electron chi connectivity index (χ2n) is 7.35. The average Bonchev–Trinajstić information content (AvgIpc) is 3.17. The highest BCUT2D eigenvalue weighted by atomic mass is 32.2. The minimum atomic E-state index is -3.80. The lowest BCUT2D eigenvalue weighted by Gasteiger charge is -2.09. The number of rotatable bonds is 11. The van der Waals surface area contributed by atoms with Gasteiger partial charge in [0, 0.05) is 18.2 Å². The second-order valence-corrected chi connectivity index (χ2v) is 9.03. The maximum atomic E-state index is 12.4. The molecule has 3 aromatic rings. The smallest absolute Gasteiger partial charge is 0.263 e. The monoisotopic (exact) mass is 457 g/mol. The Hall–Kier alpha value is -3.33. The third-order valence-electron chi connectivity index (χ3n) is 4.59. The van der Waals surface area contributed by atoms with E-state index in [4.69, 9.17) is 9.26 Å². The summed E-state index contributed by atoms with van der Waals surface area (Å²) in [5.74, 6) is 1.23. The summed E-state index contributed by atoms with van der Waals surface area (Å²) in [6.45, 7) is 4.24. The fourth-order valence-electron chi connectivity index (χ4n) is 3.02. The van der Waals surface area contributed by atoms with Crippen LogP contribution in [0.5, 0.6) is 5.75 Å². The van der Waals surface area contributed by atoms with Crippen molar-refractivity contribution in [3.05, 3.63) is 65.9 Å². The first-order chi connectivity index (χ1) is 15.4. The van der Waals surface area contributed by atoms with E-state index in [1.54, 1.807) is 6.92 Å². The van der Waals surface area contributed by atoms with Gasteiger partial charge in [-0.1, -0.05) is 30.6 Å². The van der Waals surface area contributed by atoms with E-state index in [0.29, 0.717) is 30.9 Å². The first kappa shape index (κ1) is 23.3. The molecular weight excluding hydrogens is 430 g/mol. The molecule has 2 N–H and O–H groups in total. The number of anilines is 2. The van der Waals surface area contributed by atoms with Gasteiger partial charge < -0.3 is 14.6 Å². The Morgan fingerprint density at radius 2 is 1.81 bits per heavy atom. The molecule has 0 atom stereocenters. The summed E-state index contributed by atoms with van der Waals surface area (Å²) < 4.78 is 37.7. The van der Waals surface area contributed by atoms with Crippen LogP contribution in [-0.4, -0.2) is 26.1 Å². The Bertz CT molecular complexity index is 1120. The average molecular weight is 458 g/mol. The number of amides is 1. The lowest BCUT2D eigenvalue weighted by atomic mass is 10.1. The van der Waals surface area contributed by atoms with E-state index in [1.165, 1.54) is 35.9 Å². The predicted octanol–water partition coefficient (Wildman–Crippen LogP) is 4.53. The number of carbonyl (C=O) groups is 1. The zero-order valence-electron chi connectivity index (χ0n) is 18.1. The molecule has 0 spiro atoms. The van der Waals surface area contributed by atoms with Crippen molar-refractivity contribution in [2.45, 2.75) is 44.4 Å². The third-order valence-corrected chi connectivity index (χ3v) is 5.96. The van der Waals surface area contributed by atoms with Gasteiger partial charge >= 0.3 is 0 Å². The standard InChI is InChI=1S/C23H27N3O5S/c1-3-5-18-7-11-20(12-8-18)30-15-4-6-23(27)24-19-9-13-21(14-10-19)32(28,29)26-22-16-17(2)31-25-22/h7-14,16H,3-6,15H2,1-2H3,(H,24,27)(H,25,26). The topological polar surface area (TPSA) is 111 Å². The quantitative estimate of drug-likeness (QED) is 0.409. The highest BCUT2D eigenvalue weighted by Crippen LogP contribution is 2.19. The Balaban J connectivity index is 1.43. The molecule has 1 aromatic heterocycles. The number of aryl methyl sites for hydroxylation is 2. The van der Waals surface area contributed by atoms with E-state index >= 15 is 0 Å². The molecule has 3 rings (SSSR count). The molecule has 8 nitrogen and oxygen atoms in total. The number of carbonyl (C=O) groups excluding carboxylic acids is 1. The van der Waals surface area contributed by atoms with Gasteiger partial charge in [0.25, 0.3) is 10.0 Å². The normalized spacial score (nSPS) is 11.2. The number of benzene rings is 2. The van der Waals surface area contributed by atoms with E-state index in [-0.39, 0.29) is 16.6 Å². The number of nitrogens with one attached hydrogen (secondary N) is 2. The van der Waals surface area contributed by atoms with Crippen molar-refractivity contribution in [1.29, 1.82) is 0 Å². The molecule has 0 bridgehead atoms. The molecule has 32 heavy (non-hydrogen) atoms. The highest BCUT2D eigenvalue weighted by molar-refractivity contribution is 7.92. The number of sulfonamides is 1. The SMILES string of the molecule is CCCc1ccc(OCCCC(=O)Nc2ccc(S(=O)(=O)Nc3cc(C)on3)cc2)cc1. The molecule has 0 aliphatic carbocycles. The minimum Gasteiger partial charge on any atom is -0.494 e. The van der Waals surface area contributed by atoms with E-state index in [9.17, 15) is 13.2 Å². The number of hydrogen-bond donors (Lipinski definition) is 2. The van der Waals surface area contributed by atoms with Crippen molar-refractivity contribution < 1.29 is 22.5 Å². The van der Waals surface area contributed by atoms with Crippen LogP contribution in [0.1, 0.15) is 37.5 Å². The van der Waals surface area contributed by atoms with Crippen LogP contribution in [0.25, 0.3) is 0 Å². The van der Waals surface area contributed by atoms with Crippen LogP contribution in [0.4, 0.5) is 11.5 Å². The molecule has 0 radical (unpaired) electrons. The Morgan fingerprint density at radius 1 is 1.09 bits per heavy atom. The summed E-state index contributed by atoms with van der Waals surface area (Å²) >= 11 is 0. The number of hydrogen-bond acceptors (Lipinski definition) is 6. The van der Waals surface area contributed by atoms with E-state index in [1.807, 2.05) is 12.1 Å². The molecule has 1 amide bonds. The molecular formula is C23H27N3O5S. The van der Waals surface area contributed by atoms with Crippen molar-refractivity contribution in [3.63, 3.8) is 0 Å². The second kappa shape index (κ2) is 10.8. The molecule has 2 aromatic carbocycles. The summed E-state index contributed by atoms with van der Waals surface area (Å²) in [7, 11) is -3.80. The van der Waals surface area contributed by atoms with Crippen molar-refractivity contribution in [2.75, 3.05) is 16.6 Å². The molecule has 1 heterocycles. The predicted molar refractivity (Wildman–Crippen MR) is 122 cm³/mol. The Labute approximate surface area is 188 Å². The summed E-state index contributed by atoms with van der Waals surface area (Å²) in [6, 6.07) is 15.4. The number of aromatic nitrogens is 1. The van der Waals surface area contributed by atoms with Gasteiger partial charge in [-0.05, 0) is 61.7 Å². The minimum absolute atomic E-state index is 0.0505. The summed E-state index contributed by atoms with van der Waals surface area (Å²) in [4.78, 5) is 12.2. The van der Waals surface area contributed by atoms with Crippen LogP contribution in [0.2, 0.25) is 0 Å². The van der Waals surface area contributed by atoms with E-state index in [2.05, 4.69) is 34.3 Å². The van der Waals surface area contributed by atoms with Crippen LogP contribution >= 0.6 is 0 Å². The molecule has 0 saturated carbocycles. The van der Waals surface area contributed by atoms with Crippen LogP contribution in [0.3, 0.4) is 0 Å². The maximum absolute atomic E-state index is 12.4. The van der Waals surface area contributed by atoms with E-state index < -0.39 is 10.0 Å². The summed E-state index contributed by atoms with van der Waals surface area (Å²) in [6.07, 6.45) is 3.01. The van der Waals surface area contributed by atoms with Gasteiger partial charge in [-0.15, -0.1) is 0 Å². The van der Waals surface area contributed by atoms with Gasteiger partial charge in [-0.25, -0.2) is 8.42 Å². The molecule has 0 aliphatic heterocycles. The van der Waals surface area contributed by atoms with Gasteiger partial charge in [0.2, 0.25) is 5.91 Å². The third kappa shape index (κ3) is 6.84. The zero-order chi connectivity index (χ0) is 23.0. The summed E-state index contributed by atoms with van der Waals surface area (Å²) in [5, 5.41) is 6.37. The molecule has 0 fully saturated rings. The van der Waals surface area contributed by atoms with Gasteiger partial charge in [0.05, 0.1) is 11.5 Å². The lowest BCUT2D eigenvalue weighted by Crippen LogP contribution is -2.14. The van der Waals surface area contributed by atoms with Crippen molar-refractivity contribution in [1.82, 2.24) is 5.16 Å². The number of ether oxygens (including phenoxy) is 1. The van der Waals surface area contributed by atoms with Gasteiger partial charge in [-0.3, -0.25) is 9.52 Å². The maximum Gasteiger partial charge on any atom is 0.263 e. The molecule has 170 valence electrons. The fourth-order valence-corrected chi connectivity index (χ4v) is 4.00. The molecule has 9 heteroatoms. The van der Waals surface area contributed by atoms with Crippen LogP contribution < -0.4 is 14.8 Å². The van der Waals surface area contributed by atoms with Crippen molar-refractivity contribution >= 4 is 27.4 Å². The summed E-state index contributed by atoms with van der Waals surface area (Å²) in [5.41, 5.74) is 1.79. The van der Waals surface area contributed by atoms with Crippen molar-refractivity contribution in [3.8, 4) is 5.75 Å². The van der Waals surface area contributed by atoms with Gasteiger partial charge in [0.1, 0.15) is 11.5 Å². The Kier molecular flexibility index (Phi) is 7.88. The zero-order valence-corrected chi connectivity index (χ0v) is 18.9. The van der Waals surface area contributed by atoms with E-state index in [0.717, 1.165) is 18.6 Å². The highest BCUT2D eigenvalue weighted by Gasteiger charge is 2.16. The largest absolute Gasteiger partial charge is 0.494 e. The van der Waals surface area contributed by atoms with Gasteiger partial charge in [0.15, 0.2) is 5.82 Å². The van der Waals surface area contributed by atoms with Crippen molar-refractivity contribution in [2.24, 2.45) is 0 Å². The van der Waals surface area contributed by atoms with Crippen LogP contribution in [0.15, 0.2) is 64.0 Å². The first-order valence-corrected chi connectivity index (χ1v) is 11.9. The van der Waals surface area contributed by atoms with Gasteiger partial charge in [-0.2, -0.15) is 0 Å². The molecule has 0 unspecified atom stereocenters. The fraction of sp³-hybridized carbons (Fsp3) is 0.304. The number of nitrogens with zero attached hydrogens (tertiary/aromatic N) is 1.